The number of carbonyl (C=O) groups excluding carboxylic acids is 1. The number of hydrogen-bond donors (Lipinski definition) is 2. The Hall–Kier alpha value is -2.20. The third-order valence-electron chi connectivity index (χ3n) is 3.13. The average Bonchev–Trinajstić information content (AvgIpc) is 2.48. The minimum absolute atomic E-state index is 0.00503. The van der Waals surface area contributed by atoms with Gasteiger partial charge < -0.3 is 11.1 Å². The molecule has 0 radical (unpaired) electrons. The SMILES string of the molecule is Cc1ccc(-c2ccncc2)cc1NC(=O)CCCN. The summed E-state index contributed by atoms with van der Waals surface area (Å²) in [4.78, 5) is 15.8. The summed E-state index contributed by atoms with van der Waals surface area (Å²) in [5, 5.41) is 2.95. The monoisotopic (exact) mass is 269 g/mol. The first-order valence-electron chi connectivity index (χ1n) is 6.71. The van der Waals surface area contributed by atoms with Crippen molar-refractivity contribution in [3.63, 3.8) is 0 Å². The Labute approximate surface area is 119 Å². The van der Waals surface area contributed by atoms with Crippen LogP contribution < -0.4 is 11.1 Å². The summed E-state index contributed by atoms with van der Waals surface area (Å²) in [7, 11) is 0. The number of hydrogen-bond acceptors (Lipinski definition) is 3. The van der Waals surface area contributed by atoms with Gasteiger partial charge in [-0.15, -0.1) is 0 Å². The van der Waals surface area contributed by atoms with Gasteiger partial charge in [0.05, 0.1) is 0 Å². The number of anilines is 1. The summed E-state index contributed by atoms with van der Waals surface area (Å²) in [6.45, 7) is 2.51. The molecule has 0 aliphatic rings. The molecule has 4 nitrogen and oxygen atoms in total. The van der Waals surface area contributed by atoms with Crippen LogP contribution in [0.1, 0.15) is 18.4 Å². The van der Waals surface area contributed by atoms with Crippen LogP contribution in [-0.4, -0.2) is 17.4 Å². The molecule has 0 aliphatic heterocycles. The van der Waals surface area contributed by atoms with Crippen LogP contribution in [0.25, 0.3) is 11.1 Å². The van der Waals surface area contributed by atoms with Crippen LogP contribution in [0.2, 0.25) is 0 Å². The van der Waals surface area contributed by atoms with Crippen molar-refractivity contribution >= 4 is 11.6 Å². The summed E-state index contributed by atoms with van der Waals surface area (Å²) in [6, 6.07) is 9.94. The van der Waals surface area contributed by atoms with E-state index in [0.29, 0.717) is 19.4 Å². The number of rotatable bonds is 5. The standard InChI is InChI=1S/C16H19N3O/c1-12-4-5-14(13-6-9-18-10-7-13)11-15(12)19-16(20)3-2-8-17/h4-7,9-11H,2-3,8,17H2,1H3,(H,19,20). The number of nitrogens with zero attached hydrogens (tertiary/aromatic N) is 1. The summed E-state index contributed by atoms with van der Waals surface area (Å²) in [5.74, 6) is 0.00503. The lowest BCUT2D eigenvalue weighted by Gasteiger charge is -2.10. The number of nitrogens with two attached hydrogens (primary N) is 1. The van der Waals surface area contributed by atoms with E-state index in [9.17, 15) is 4.79 Å². The van der Waals surface area contributed by atoms with E-state index in [0.717, 1.165) is 22.4 Å². The fourth-order valence-electron chi connectivity index (χ4n) is 1.96. The van der Waals surface area contributed by atoms with Crippen molar-refractivity contribution < 1.29 is 4.79 Å². The van der Waals surface area contributed by atoms with Crippen LogP contribution in [0.3, 0.4) is 0 Å². The molecule has 0 spiro atoms. The predicted molar refractivity (Wildman–Crippen MR) is 81.3 cm³/mol. The molecule has 0 saturated heterocycles. The predicted octanol–water partition coefficient (Wildman–Crippen LogP) is 2.73. The van der Waals surface area contributed by atoms with E-state index in [4.69, 9.17) is 5.73 Å². The Morgan fingerprint density at radius 2 is 1.95 bits per heavy atom. The first kappa shape index (κ1) is 14.2. The van der Waals surface area contributed by atoms with Crippen molar-refractivity contribution in [3.05, 3.63) is 48.3 Å². The fraction of sp³-hybridized carbons (Fsp3) is 0.250. The van der Waals surface area contributed by atoms with E-state index < -0.39 is 0 Å². The van der Waals surface area contributed by atoms with Gasteiger partial charge in [-0.1, -0.05) is 12.1 Å². The minimum Gasteiger partial charge on any atom is -0.330 e. The maximum Gasteiger partial charge on any atom is 0.224 e. The highest BCUT2D eigenvalue weighted by Crippen LogP contribution is 2.25. The second-order valence-electron chi connectivity index (χ2n) is 4.71. The van der Waals surface area contributed by atoms with Crippen molar-refractivity contribution in [1.82, 2.24) is 4.98 Å². The third-order valence-corrected chi connectivity index (χ3v) is 3.13. The maximum atomic E-state index is 11.8. The van der Waals surface area contributed by atoms with Gasteiger partial charge in [0, 0.05) is 24.5 Å². The zero-order chi connectivity index (χ0) is 14.4. The molecule has 0 atom stereocenters. The second-order valence-corrected chi connectivity index (χ2v) is 4.71. The summed E-state index contributed by atoms with van der Waals surface area (Å²) in [5.41, 5.74) is 9.45. The zero-order valence-corrected chi connectivity index (χ0v) is 11.6. The van der Waals surface area contributed by atoms with Gasteiger partial charge in [-0.25, -0.2) is 0 Å². The Balaban J connectivity index is 2.19. The van der Waals surface area contributed by atoms with Crippen LogP contribution in [0.4, 0.5) is 5.69 Å². The maximum absolute atomic E-state index is 11.8. The highest BCUT2D eigenvalue weighted by Gasteiger charge is 2.06. The largest absolute Gasteiger partial charge is 0.330 e. The van der Waals surface area contributed by atoms with E-state index in [2.05, 4.69) is 10.3 Å². The Morgan fingerprint density at radius 1 is 1.20 bits per heavy atom. The molecular weight excluding hydrogens is 250 g/mol. The molecule has 1 aromatic heterocycles. The van der Waals surface area contributed by atoms with Gasteiger partial charge in [-0.2, -0.15) is 0 Å². The summed E-state index contributed by atoms with van der Waals surface area (Å²) >= 11 is 0. The fourth-order valence-corrected chi connectivity index (χ4v) is 1.96. The lowest BCUT2D eigenvalue weighted by Crippen LogP contribution is -2.14. The first-order valence-corrected chi connectivity index (χ1v) is 6.71. The summed E-state index contributed by atoms with van der Waals surface area (Å²) < 4.78 is 0. The van der Waals surface area contributed by atoms with Crippen molar-refractivity contribution in [1.29, 1.82) is 0 Å². The molecule has 2 rings (SSSR count). The van der Waals surface area contributed by atoms with E-state index in [1.165, 1.54) is 0 Å². The molecule has 0 bridgehead atoms. The lowest BCUT2D eigenvalue weighted by molar-refractivity contribution is -0.116. The highest BCUT2D eigenvalue weighted by molar-refractivity contribution is 5.92. The van der Waals surface area contributed by atoms with E-state index >= 15 is 0 Å². The van der Waals surface area contributed by atoms with Gasteiger partial charge >= 0.3 is 0 Å². The highest BCUT2D eigenvalue weighted by atomic mass is 16.1. The van der Waals surface area contributed by atoms with Gasteiger partial charge in [0.25, 0.3) is 0 Å². The smallest absolute Gasteiger partial charge is 0.224 e. The summed E-state index contributed by atoms with van der Waals surface area (Å²) in [6.07, 6.45) is 4.67. The molecule has 0 unspecified atom stereocenters. The molecule has 1 aromatic carbocycles. The van der Waals surface area contributed by atoms with E-state index in [1.54, 1.807) is 12.4 Å². The average molecular weight is 269 g/mol. The van der Waals surface area contributed by atoms with Crippen LogP contribution in [0.5, 0.6) is 0 Å². The van der Waals surface area contributed by atoms with E-state index in [-0.39, 0.29) is 5.91 Å². The van der Waals surface area contributed by atoms with Crippen LogP contribution in [0, 0.1) is 6.92 Å². The number of pyridine rings is 1. The molecule has 104 valence electrons. The van der Waals surface area contributed by atoms with Crippen molar-refractivity contribution in [2.24, 2.45) is 5.73 Å². The lowest BCUT2D eigenvalue weighted by atomic mass is 10.0. The van der Waals surface area contributed by atoms with Crippen LogP contribution in [-0.2, 0) is 4.79 Å². The molecule has 4 heteroatoms. The van der Waals surface area contributed by atoms with E-state index in [1.807, 2.05) is 37.3 Å². The van der Waals surface area contributed by atoms with Gasteiger partial charge in [0.2, 0.25) is 5.91 Å². The molecule has 1 heterocycles. The number of amides is 1. The van der Waals surface area contributed by atoms with Gasteiger partial charge in [0.1, 0.15) is 0 Å². The Kier molecular flexibility index (Phi) is 4.85. The molecule has 3 N–H and O–H groups in total. The van der Waals surface area contributed by atoms with Crippen LogP contribution in [0.15, 0.2) is 42.7 Å². The molecule has 0 fully saturated rings. The van der Waals surface area contributed by atoms with Crippen LogP contribution >= 0.6 is 0 Å². The first-order chi connectivity index (χ1) is 9.70. The number of nitrogens with one attached hydrogen (secondary N) is 1. The van der Waals surface area contributed by atoms with Gasteiger partial charge in [0.15, 0.2) is 0 Å². The normalized spacial score (nSPS) is 10.3. The number of aromatic nitrogens is 1. The second kappa shape index (κ2) is 6.82. The minimum atomic E-state index is 0.00503. The molecule has 1 amide bonds. The Morgan fingerprint density at radius 3 is 2.65 bits per heavy atom. The number of carbonyl (C=O) groups is 1. The molecular formula is C16H19N3O. The Bertz CT molecular complexity index is 582. The molecule has 2 aromatic rings. The number of aryl methyl sites for hydroxylation is 1. The third kappa shape index (κ3) is 3.65. The molecule has 0 aliphatic carbocycles. The topological polar surface area (TPSA) is 68.0 Å². The van der Waals surface area contributed by atoms with Gasteiger partial charge in [-0.3, -0.25) is 9.78 Å². The molecule has 0 saturated carbocycles. The number of benzene rings is 1. The zero-order valence-electron chi connectivity index (χ0n) is 11.6. The van der Waals surface area contributed by atoms with Crippen molar-refractivity contribution in [2.45, 2.75) is 19.8 Å². The molecule has 20 heavy (non-hydrogen) atoms. The quantitative estimate of drug-likeness (QED) is 0.877. The van der Waals surface area contributed by atoms with Crippen molar-refractivity contribution in [2.75, 3.05) is 11.9 Å². The van der Waals surface area contributed by atoms with Gasteiger partial charge in [-0.05, 0) is 54.8 Å². The van der Waals surface area contributed by atoms with Crippen molar-refractivity contribution in [3.8, 4) is 11.1 Å².